The first-order valence-electron chi connectivity index (χ1n) is 8.28. The van der Waals surface area contributed by atoms with Crippen molar-refractivity contribution in [3.05, 3.63) is 29.8 Å². The van der Waals surface area contributed by atoms with Crippen LogP contribution in [0.4, 0.5) is 0 Å². The van der Waals surface area contributed by atoms with Gasteiger partial charge in [0, 0.05) is 5.92 Å². The Morgan fingerprint density at radius 3 is 2.82 bits per heavy atom. The molecule has 1 amide bonds. The predicted molar refractivity (Wildman–Crippen MR) is 88.6 cm³/mol. The normalized spacial score (nSPS) is 22.6. The van der Waals surface area contributed by atoms with Gasteiger partial charge in [-0.3, -0.25) is 4.79 Å². The summed E-state index contributed by atoms with van der Waals surface area (Å²) in [6, 6.07) is 7.91. The Balaban J connectivity index is 1.99. The molecule has 1 aliphatic carbocycles. The summed E-state index contributed by atoms with van der Waals surface area (Å²) in [5.74, 6) is 1.38. The molecule has 3 N–H and O–H groups in total. The zero-order valence-corrected chi connectivity index (χ0v) is 13.8. The molecule has 1 aliphatic rings. The summed E-state index contributed by atoms with van der Waals surface area (Å²) in [5, 5.41) is 3.13. The van der Waals surface area contributed by atoms with Gasteiger partial charge in [-0.2, -0.15) is 0 Å². The molecule has 1 aromatic carbocycles. The topological polar surface area (TPSA) is 64.3 Å². The number of benzene rings is 1. The third kappa shape index (κ3) is 4.23. The Morgan fingerprint density at radius 1 is 1.36 bits per heavy atom. The zero-order valence-electron chi connectivity index (χ0n) is 13.8. The van der Waals surface area contributed by atoms with Crippen molar-refractivity contribution in [3.63, 3.8) is 0 Å². The van der Waals surface area contributed by atoms with E-state index in [2.05, 4.69) is 5.32 Å². The number of carbonyl (C=O) groups excluding carboxylic acids is 1. The van der Waals surface area contributed by atoms with Crippen molar-refractivity contribution in [1.29, 1.82) is 0 Å². The first kappa shape index (κ1) is 16.8. The van der Waals surface area contributed by atoms with E-state index in [4.69, 9.17) is 10.5 Å². The highest BCUT2D eigenvalue weighted by atomic mass is 16.5. The minimum atomic E-state index is -0.0257. The molecular formula is C18H28N2O2. The van der Waals surface area contributed by atoms with Gasteiger partial charge in [-0.05, 0) is 63.8 Å². The summed E-state index contributed by atoms with van der Waals surface area (Å²) in [6.45, 7) is 6.62. The summed E-state index contributed by atoms with van der Waals surface area (Å²) in [5.41, 5.74) is 6.84. The molecule has 4 nitrogen and oxygen atoms in total. The van der Waals surface area contributed by atoms with Crippen LogP contribution >= 0.6 is 0 Å². The average Bonchev–Trinajstić information content (AvgIpc) is 2.95. The van der Waals surface area contributed by atoms with Crippen LogP contribution < -0.4 is 15.8 Å². The molecule has 1 aromatic rings. The molecule has 0 heterocycles. The van der Waals surface area contributed by atoms with Crippen molar-refractivity contribution in [1.82, 2.24) is 5.32 Å². The first-order valence-corrected chi connectivity index (χ1v) is 8.28. The highest BCUT2D eigenvalue weighted by Crippen LogP contribution is 2.31. The van der Waals surface area contributed by atoms with Gasteiger partial charge < -0.3 is 15.8 Å². The standard InChI is InChI=1S/C18H28N2O2/c1-12(2)22-16-8-4-6-14(10-16)13(3)20-18(21)17-9-5-7-15(17)11-19/h4,6,8,10,12-13,15,17H,5,7,9,11,19H2,1-3H3,(H,20,21)/t13?,15-,17-/m1/s1. The van der Waals surface area contributed by atoms with Crippen LogP contribution in [0, 0.1) is 11.8 Å². The second kappa shape index (κ2) is 7.63. The number of carbonyl (C=O) groups is 1. The SMILES string of the molecule is CC(C)Oc1cccc(C(C)NC(=O)[C@@H]2CCC[C@@H]2CN)c1. The largest absolute Gasteiger partial charge is 0.491 e. The van der Waals surface area contributed by atoms with Gasteiger partial charge in [0.1, 0.15) is 5.75 Å². The summed E-state index contributed by atoms with van der Waals surface area (Å²) < 4.78 is 5.72. The van der Waals surface area contributed by atoms with Gasteiger partial charge in [0.05, 0.1) is 12.1 Å². The highest BCUT2D eigenvalue weighted by Gasteiger charge is 2.32. The minimum absolute atomic E-state index is 0.0257. The summed E-state index contributed by atoms with van der Waals surface area (Å²) in [4.78, 5) is 12.5. The average molecular weight is 304 g/mol. The molecule has 0 spiro atoms. The fourth-order valence-corrected chi connectivity index (χ4v) is 3.20. The lowest BCUT2D eigenvalue weighted by Crippen LogP contribution is -2.36. The minimum Gasteiger partial charge on any atom is -0.491 e. The van der Waals surface area contributed by atoms with Crippen LogP contribution in [0.5, 0.6) is 5.75 Å². The predicted octanol–water partition coefficient (Wildman–Crippen LogP) is 3.03. The van der Waals surface area contributed by atoms with Gasteiger partial charge in [-0.15, -0.1) is 0 Å². The lowest BCUT2D eigenvalue weighted by atomic mass is 9.94. The smallest absolute Gasteiger partial charge is 0.223 e. The molecule has 1 unspecified atom stereocenters. The van der Waals surface area contributed by atoms with E-state index in [9.17, 15) is 4.79 Å². The maximum Gasteiger partial charge on any atom is 0.223 e. The first-order chi connectivity index (χ1) is 10.5. The summed E-state index contributed by atoms with van der Waals surface area (Å²) in [7, 11) is 0. The van der Waals surface area contributed by atoms with E-state index >= 15 is 0 Å². The molecule has 1 saturated carbocycles. The Hall–Kier alpha value is -1.55. The Kier molecular flexibility index (Phi) is 5.83. The van der Waals surface area contributed by atoms with E-state index in [-0.39, 0.29) is 24.0 Å². The Labute approximate surface area is 133 Å². The third-order valence-electron chi connectivity index (χ3n) is 4.39. The van der Waals surface area contributed by atoms with Gasteiger partial charge in [0.2, 0.25) is 5.91 Å². The van der Waals surface area contributed by atoms with E-state index < -0.39 is 0 Å². The molecule has 0 saturated heterocycles. The van der Waals surface area contributed by atoms with E-state index in [1.54, 1.807) is 0 Å². The third-order valence-corrected chi connectivity index (χ3v) is 4.39. The van der Waals surface area contributed by atoms with Gasteiger partial charge in [-0.25, -0.2) is 0 Å². The van der Waals surface area contributed by atoms with Crippen LogP contribution in [0.1, 0.15) is 51.6 Å². The molecule has 3 atom stereocenters. The van der Waals surface area contributed by atoms with E-state index in [0.29, 0.717) is 12.5 Å². The maximum atomic E-state index is 12.5. The van der Waals surface area contributed by atoms with Crippen molar-refractivity contribution < 1.29 is 9.53 Å². The number of hydrogen-bond acceptors (Lipinski definition) is 3. The number of rotatable bonds is 6. The second-order valence-corrected chi connectivity index (χ2v) is 6.50. The number of hydrogen-bond donors (Lipinski definition) is 2. The number of nitrogens with one attached hydrogen (secondary N) is 1. The zero-order chi connectivity index (χ0) is 16.1. The van der Waals surface area contributed by atoms with Crippen LogP contribution in [0.15, 0.2) is 24.3 Å². The van der Waals surface area contributed by atoms with Gasteiger partial charge in [0.15, 0.2) is 0 Å². The van der Waals surface area contributed by atoms with Crippen LogP contribution in [0.2, 0.25) is 0 Å². The quantitative estimate of drug-likeness (QED) is 0.849. The number of nitrogens with two attached hydrogens (primary N) is 1. The fraction of sp³-hybridized carbons (Fsp3) is 0.611. The monoisotopic (exact) mass is 304 g/mol. The van der Waals surface area contributed by atoms with Crippen LogP contribution in [-0.2, 0) is 4.79 Å². The molecule has 122 valence electrons. The second-order valence-electron chi connectivity index (χ2n) is 6.50. The van der Waals surface area contributed by atoms with Gasteiger partial charge in [0.25, 0.3) is 0 Å². The van der Waals surface area contributed by atoms with Crippen molar-refractivity contribution in [3.8, 4) is 5.75 Å². The molecule has 0 aromatic heterocycles. The molecule has 2 rings (SSSR count). The van der Waals surface area contributed by atoms with E-state index in [1.165, 1.54) is 0 Å². The van der Waals surface area contributed by atoms with Crippen molar-refractivity contribution in [2.24, 2.45) is 17.6 Å². The van der Waals surface area contributed by atoms with Crippen molar-refractivity contribution in [2.75, 3.05) is 6.54 Å². The summed E-state index contributed by atoms with van der Waals surface area (Å²) >= 11 is 0. The molecule has 0 aliphatic heterocycles. The number of ether oxygens (including phenoxy) is 1. The van der Waals surface area contributed by atoms with E-state index in [1.807, 2.05) is 45.0 Å². The molecule has 0 bridgehead atoms. The molecule has 22 heavy (non-hydrogen) atoms. The lowest BCUT2D eigenvalue weighted by molar-refractivity contribution is -0.126. The van der Waals surface area contributed by atoms with Crippen LogP contribution in [0.3, 0.4) is 0 Å². The molecule has 0 radical (unpaired) electrons. The number of amides is 1. The lowest BCUT2D eigenvalue weighted by Gasteiger charge is -2.21. The van der Waals surface area contributed by atoms with Crippen molar-refractivity contribution in [2.45, 2.75) is 52.2 Å². The molecular weight excluding hydrogens is 276 g/mol. The molecule has 4 heteroatoms. The van der Waals surface area contributed by atoms with Gasteiger partial charge >= 0.3 is 0 Å². The van der Waals surface area contributed by atoms with Gasteiger partial charge in [-0.1, -0.05) is 18.6 Å². The Bertz CT molecular complexity index is 502. The maximum absolute atomic E-state index is 12.5. The fourth-order valence-electron chi connectivity index (χ4n) is 3.20. The Morgan fingerprint density at radius 2 is 2.14 bits per heavy atom. The van der Waals surface area contributed by atoms with E-state index in [0.717, 1.165) is 30.6 Å². The molecule has 1 fully saturated rings. The van der Waals surface area contributed by atoms with Crippen LogP contribution in [0.25, 0.3) is 0 Å². The summed E-state index contributed by atoms with van der Waals surface area (Å²) in [6.07, 6.45) is 3.27. The van der Waals surface area contributed by atoms with Crippen molar-refractivity contribution >= 4 is 5.91 Å². The van der Waals surface area contributed by atoms with Crippen LogP contribution in [-0.4, -0.2) is 18.6 Å². The highest BCUT2D eigenvalue weighted by molar-refractivity contribution is 5.79.